The number of hydrogen-bond donors (Lipinski definition) is 0. The number of allylic oxidation sites excluding steroid dienone is 1. The van der Waals surface area contributed by atoms with Gasteiger partial charge in [0, 0.05) is 23.2 Å². The fourth-order valence-corrected chi connectivity index (χ4v) is 5.05. The monoisotopic (exact) mass is 275 g/mol. The van der Waals surface area contributed by atoms with Gasteiger partial charge in [-0.15, -0.1) is 0 Å². The number of nitrogens with zero attached hydrogens (tertiary/aromatic N) is 1. The number of fused-ring (bicyclic) bond motifs is 2. The van der Waals surface area contributed by atoms with Crippen LogP contribution in [-0.2, 0) is 0 Å². The fraction of sp³-hybridized carbons (Fsp3) is 0.895. The Morgan fingerprint density at radius 2 is 1.45 bits per heavy atom. The Bertz CT molecular complexity index is 374. The largest absolute Gasteiger partial charge is 0.366 e. The Morgan fingerprint density at radius 3 is 2.20 bits per heavy atom. The average molecular weight is 275 g/mol. The van der Waals surface area contributed by atoms with Crippen LogP contribution in [0.2, 0.25) is 0 Å². The maximum absolute atomic E-state index is 2.88. The minimum atomic E-state index is 0.309. The molecule has 3 aliphatic rings. The van der Waals surface area contributed by atoms with E-state index < -0.39 is 0 Å². The number of rotatable bonds is 0. The van der Waals surface area contributed by atoms with Crippen LogP contribution in [0.3, 0.4) is 0 Å². The third kappa shape index (κ3) is 2.65. The molecule has 0 radical (unpaired) electrons. The Labute approximate surface area is 125 Å². The van der Waals surface area contributed by atoms with E-state index in [0.717, 1.165) is 12.0 Å². The van der Waals surface area contributed by atoms with Gasteiger partial charge in [0.15, 0.2) is 0 Å². The van der Waals surface area contributed by atoms with E-state index in [9.17, 15) is 0 Å². The zero-order valence-corrected chi connectivity index (χ0v) is 13.9. The molecule has 0 aromatic rings. The molecule has 1 saturated carbocycles. The topological polar surface area (TPSA) is 3.24 Å². The van der Waals surface area contributed by atoms with Crippen LogP contribution >= 0.6 is 0 Å². The molecule has 0 aromatic carbocycles. The van der Waals surface area contributed by atoms with Crippen LogP contribution in [0, 0.1) is 5.92 Å². The molecule has 0 bridgehead atoms. The first kappa shape index (κ1) is 14.5. The summed E-state index contributed by atoms with van der Waals surface area (Å²) in [6.45, 7) is 7.30. The Balaban J connectivity index is 1.97. The van der Waals surface area contributed by atoms with E-state index in [-0.39, 0.29) is 0 Å². The van der Waals surface area contributed by atoms with Gasteiger partial charge in [-0.25, -0.2) is 0 Å². The van der Waals surface area contributed by atoms with Crippen LogP contribution < -0.4 is 0 Å². The quantitative estimate of drug-likeness (QED) is 0.551. The molecule has 0 N–H and O–H groups in total. The van der Waals surface area contributed by atoms with Gasteiger partial charge in [0.05, 0.1) is 0 Å². The zero-order valence-electron chi connectivity index (χ0n) is 13.9. The van der Waals surface area contributed by atoms with Crippen LogP contribution in [0.4, 0.5) is 0 Å². The zero-order chi connectivity index (χ0) is 14.2. The van der Waals surface area contributed by atoms with Crippen LogP contribution in [0.15, 0.2) is 11.3 Å². The molecule has 114 valence electrons. The summed E-state index contributed by atoms with van der Waals surface area (Å²) >= 11 is 0. The standard InChI is InChI=1S/C19H33N/c1-19(2,3)20-17-13-9-5-4-7-11-15(17)16-12-8-6-10-14-18(16)20/h16,18H,4-14H2,1-3H3. The molecular weight excluding hydrogens is 242 g/mol. The van der Waals surface area contributed by atoms with E-state index >= 15 is 0 Å². The van der Waals surface area contributed by atoms with Crippen molar-refractivity contribution in [1.29, 1.82) is 0 Å². The SMILES string of the molecule is CC(C)(C)N1C2=C(CCCCCC2)C2CCCCCC21. The van der Waals surface area contributed by atoms with Crippen molar-refractivity contribution in [2.24, 2.45) is 5.92 Å². The summed E-state index contributed by atoms with van der Waals surface area (Å²) in [7, 11) is 0. The Kier molecular flexibility index (Phi) is 4.15. The van der Waals surface area contributed by atoms with Crippen LogP contribution in [0.1, 0.15) is 91.4 Å². The lowest BCUT2D eigenvalue weighted by Gasteiger charge is -2.42. The smallest absolute Gasteiger partial charge is 0.0358 e. The van der Waals surface area contributed by atoms with Gasteiger partial charge in [-0.2, -0.15) is 0 Å². The third-order valence-corrected chi connectivity index (χ3v) is 5.75. The minimum absolute atomic E-state index is 0.309. The summed E-state index contributed by atoms with van der Waals surface area (Å²) in [5.41, 5.74) is 3.99. The normalized spacial score (nSPS) is 32.2. The fourth-order valence-electron chi connectivity index (χ4n) is 5.05. The van der Waals surface area contributed by atoms with Gasteiger partial charge in [-0.1, -0.05) is 32.1 Å². The summed E-state index contributed by atoms with van der Waals surface area (Å²) < 4.78 is 0. The van der Waals surface area contributed by atoms with E-state index in [0.29, 0.717) is 5.54 Å². The highest BCUT2D eigenvalue weighted by Crippen LogP contribution is 2.48. The summed E-state index contributed by atoms with van der Waals surface area (Å²) in [6, 6.07) is 0.834. The Morgan fingerprint density at radius 1 is 0.800 bits per heavy atom. The summed E-state index contributed by atoms with van der Waals surface area (Å²) in [6.07, 6.45) is 15.8. The minimum Gasteiger partial charge on any atom is -0.366 e. The van der Waals surface area contributed by atoms with Gasteiger partial charge in [0.2, 0.25) is 0 Å². The van der Waals surface area contributed by atoms with Gasteiger partial charge in [0.25, 0.3) is 0 Å². The van der Waals surface area contributed by atoms with Crippen LogP contribution in [0.25, 0.3) is 0 Å². The lowest BCUT2D eigenvalue weighted by Crippen LogP contribution is -2.46. The molecule has 0 saturated heterocycles. The van der Waals surface area contributed by atoms with Crippen molar-refractivity contribution >= 4 is 0 Å². The highest BCUT2D eigenvalue weighted by molar-refractivity contribution is 5.28. The molecule has 0 aromatic heterocycles. The molecule has 0 spiro atoms. The van der Waals surface area contributed by atoms with Crippen molar-refractivity contribution < 1.29 is 0 Å². The number of hydrogen-bond acceptors (Lipinski definition) is 1. The molecular formula is C19H33N. The molecule has 1 heterocycles. The molecule has 1 aliphatic heterocycles. The van der Waals surface area contributed by atoms with E-state index in [4.69, 9.17) is 0 Å². The van der Waals surface area contributed by atoms with Crippen molar-refractivity contribution in [3.05, 3.63) is 11.3 Å². The highest BCUT2D eigenvalue weighted by atomic mass is 15.2. The molecule has 1 heteroatoms. The van der Waals surface area contributed by atoms with E-state index in [1.165, 1.54) is 70.6 Å². The predicted octanol–water partition coefficient (Wildman–Crippen LogP) is 5.66. The van der Waals surface area contributed by atoms with Gasteiger partial charge in [-0.05, 0) is 64.9 Å². The predicted molar refractivity (Wildman–Crippen MR) is 86.7 cm³/mol. The van der Waals surface area contributed by atoms with Crippen LogP contribution in [-0.4, -0.2) is 16.5 Å². The molecule has 20 heavy (non-hydrogen) atoms. The maximum Gasteiger partial charge on any atom is 0.0358 e. The highest BCUT2D eigenvalue weighted by Gasteiger charge is 2.44. The maximum atomic E-state index is 2.88. The van der Waals surface area contributed by atoms with Crippen molar-refractivity contribution in [2.45, 2.75) is 103 Å². The lowest BCUT2D eigenvalue weighted by molar-refractivity contribution is 0.112. The molecule has 1 fully saturated rings. The van der Waals surface area contributed by atoms with Crippen molar-refractivity contribution in [3.63, 3.8) is 0 Å². The van der Waals surface area contributed by atoms with E-state index in [2.05, 4.69) is 25.7 Å². The second kappa shape index (κ2) is 5.73. The van der Waals surface area contributed by atoms with Crippen LogP contribution in [0.5, 0.6) is 0 Å². The molecule has 3 rings (SSSR count). The van der Waals surface area contributed by atoms with Gasteiger partial charge < -0.3 is 4.90 Å². The first-order chi connectivity index (χ1) is 9.59. The van der Waals surface area contributed by atoms with Gasteiger partial charge in [0.1, 0.15) is 0 Å². The summed E-state index contributed by atoms with van der Waals surface area (Å²) in [5, 5.41) is 0. The van der Waals surface area contributed by atoms with Crippen molar-refractivity contribution in [1.82, 2.24) is 4.90 Å². The lowest BCUT2D eigenvalue weighted by atomic mass is 9.85. The van der Waals surface area contributed by atoms with Crippen molar-refractivity contribution in [3.8, 4) is 0 Å². The molecule has 2 aliphatic carbocycles. The Hall–Kier alpha value is -0.460. The molecule has 1 nitrogen and oxygen atoms in total. The second-order valence-corrected chi connectivity index (χ2v) is 8.24. The van der Waals surface area contributed by atoms with E-state index in [1.54, 1.807) is 5.70 Å². The first-order valence-corrected chi connectivity index (χ1v) is 9.10. The third-order valence-electron chi connectivity index (χ3n) is 5.75. The van der Waals surface area contributed by atoms with Gasteiger partial charge in [-0.3, -0.25) is 0 Å². The molecule has 2 atom stereocenters. The average Bonchev–Trinajstić information content (AvgIpc) is 2.51. The van der Waals surface area contributed by atoms with Crippen molar-refractivity contribution in [2.75, 3.05) is 0 Å². The van der Waals surface area contributed by atoms with Gasteiger partial charge >= 0.3 is 0 Å². The molecule has 2 unspecified atom stereocenters. The van der Waals surface area contributed by atoms with E-state index in [1.807, 2.05) is 5.57 Å². The summed E-state index contributed by atoms with van der Waals surface area (Å²) in [4.78, 5) is 2.88. The first-order valence-electron chi connectivity index (χ1n) is 9.10. The summed E-state index contributed by atoms with van der Waals surface area (Å²) in [5.74, 6) is 0.907. The second-order valence-electron chi connectivity index (χ2n) is 8.24. The molecule has 0 amide bonds.